The molecule has 1 aromatic rings. The van der Waals surface area contributed by atoms with Crippen molar-refractivity contribution in [2.24, 2.45) is 7.05 Å². The van der Waals surface area contributed by atoms with Crippen molar-refractivity contribution in [1.82, 2.24) is 9.78 Å². The van der Waals surface area contributed by atoms with Gasteiger partial charge >= 0.3 is 0 Å². The highest BCUT2D eigenvalue weighted by atomic mass is 16.5. The van der Waals surface area contributed by atoms with Crippen molar-refractivity contribution in [3.8, 4) is 5.88 Å². The van der Waals surface area contributed by atoms with Gasteiger partial charge in [-0.3, -0.25) is 0 Å². The molecule has 1 heterocycles. The SMILES string of the molecule is CC(C)c1nn(C)c(OC2CCCCCC2)c1N. The summed E-state index contributed by atoms with van der Waals surface area (Å²) in [4.78, 5) is 0. The van der Waals surface area contributed by atoms with Gasteiger partial charge in [0.05, 0.1) is 5.69 Å². The summed E-state index contributed by atoms with van der Waals surface area (Å²) in [6.45, 7) is 4.21. The van der Waals surface area contributed by atoms with Crippen LogP contribution >= 0.6 is 0 Å². The van der Waals surface area contributed by atoms with Gasteiger partial charge in [-0.15, -0.1) is 0 Å². The summed E-state index contributed by atoms with van der Waals surface area (Å²) in [6, 6.07) is 0. The van der Waals surface area contributed by atoms with Crippen molar-refractivity contribution >= 4 is 5.69 Å². The van der Waals surface area contributed by atoms with Crippen LogP contribution in [0.2, 0.25) is 0 Å². The quantitative estimate of drug-likeness (QED) is 0.839. The van der Waals surface area contributed by atoms with Gasteiger partial charge in [0.15, 0.2) is 0 Å². The van der Waals surface area contributed by atoms with E-state index in [-0.39, 0.29) is 0 Å². The molecule has 0 atom stereocenters. The van der Waals surface area contributed by atoms with Crippen molar-refractivity contribution in [3.05, 3.63) is 5.69 Å². The first-order valence-electron chi connectivity index (χ1n) is 7.08. The van der Waals surface area contributed by atoms with E-state index in [1.165, 1.54) is 25.7 Å². The Balaban J connectivity index is 2.12. The number of rotatable bonds is 3. The highest BCUT2D eigenvalue weighted by Crippen LogP contribution is 2.32. The summed E-state index contributed by atoms with van der Waals surface area (Å²) >= 11 is 0. The minimum absolute atomic E-state index is 0.310. The van der Waals surface area contributed by atoms with E-state index in [2.05, 4.69) is 18.9 Å². The van der Waals surface area contributed by atoms with Gasteiger partial charge in [-0.1, -0.05) is 26.7 Å². The van der Waals surface area contributed by atoms with Crippen molar-refractivity contribution in [2.75, 3.05) is 5.73 Å². The first-order chi connectivity index (χ1) is 8.59. The molecule has 1 aliphatic carbocycles. The molecule has 4 nitrogen and oxygen atoms in total. The molecule has 0 amide bonds. The second-order valence-corrected chi connectivity index (χ2v) is 5.61. The molecule has 0 saturated heterocycles. The fraction of sp³-hybridized carbons (Fsp3) is 0.786. The first-order valence-corrected chi connectivity index (χ1v) is 7.08. The third-order valence-corrected chi connectivity index (χ3v) is 3.69. The number of nitrogens with zero attached hydrogens (tertiary/aromatic N) is 2. The smallest absolute Gasteiger partial charge is 0.236 e. The largest absolute Gasteiger partial charge is 0.473 e. The standard InChI is InChI=1S/C14H25N3O/c1-10(2)13-12(15)14(17(3)16-13)18-11-8-6-4-5-7-9-11/h10-11H,4-9,15H2,1-3H3. The maximum Gasteiger partial charge on any atom is 0.236 e. The van der Waals surface area contributed by atoms with Crippen LogP contribution < -0.4 is 10.5 Å². The molecule has 1 saturated carbocycles. The summed E-state index contributed by atoms with van der Waals surface area (Å²) in [5.41, 5.74) is 7.82. The maximum atomic E-state index is 6.15. The molecule has 1 aromatic heterocycles. The average Bonchev–Trinajstić information content (AvgIpc) is 2.55. The Morgan fingerprint density at radius 2 is 1.83 bits per heavy atom. The highest BCUT2D eigenvalue weighted by molar-refractivity contribution is 5.54. The third kappa shape index (κ3) is 2.79. The van der Waals surface area contributed by atoms with Crippen LogP contribution in [0.5, 0.6) is 5.88 Å². The van der Waals surface area contributed by atoms with Crippen molar-refractivity contribution in [1.29, 1.82) is 0 Å². The van der Waals surface area contributed by atoms with Crippen LogP contribution in [0, 0.1) is 0 Å². The van der Waals surface area contributed by atoms with E-state index < -0.39 is 0 Å². The van der Waals surface area contributed by atoms with Crippen molar-refractivity contribution < 1.29 is 4.74 Å². The number of hydrogen-bond acceptors (Lipinski definition) is 3. The van der Waals surface area contributed by atoms with Gasteiger partial charge in [0.1, 0.15) is 11.8 Å². The number of hydrogen-bond donors (Lipinski definition) is 1. The van der Waals surface area contributed by atoms with E-state index in [1.54, 1.807) is 4.68 Å². The molecule has 4 heteroatoms. The molecule has 0 unspecified atom stereocenters. The van der Waals surface area contributed by atoms with E-state index in [4.69, 9.17) is 10.5 Å². The van der Waals surface area contributed by atoms with E-state index in [0.29, 0.717) is 12.0 Å². The molecule has 102 valence electrons. The van der Waals surface area contributed by atoms with Gasteiger partial charge in [0, 0.05) is 7.05 Å². The summed E-state index contributed by atoms with van der Waals surface area (Å²) in [7, 11) is 1.91. The van der Waals surface area contributed by atoms with E-state index in [1.807, 2.05) is 7.05 Å². The predicted octanol–water partition coefficient (Wildman–Crippen LogP) is 3.23. The van der Waals surface area contributed by atoms with Crippen LogP contribution in [0.15, 0.2) is 0 Å². The lowest BCUT2D eigenvalue weighted by Crippen LogP contribution is -2.17. The number of aromatic nitrogens is 2. The molecule has 0 aromatic carbocycles. The fourth-order valence-corrected chi connectivity index (χ4v) is 2.63. The molecular formula is C14H25N3O. The van der Waals surface area contributed by atoms with Gasteiger partial charge < -0.3 is 10.5 Å². The summed E-state index contributed by atoms with van der Waals surface area (Å²) in [6.07, 6.45) is 7.78. The molecule has 0 spiro atoms. The number of ether oxygens (including phenoxy) is 1. The van der Waals surface area contributed by atoms with E-state index in [0.717, 1.165) is 30.1 Å². The molecule has 1 fully saturated rings. The number of aryl methyl sites for hydroxylation is 1. The molecule has 1 aliphatic rings. The summed E-state index contributed by atoms with van der Waals surface area (Å²) in [5, 5.41) is 4.47. The number of nitrogens with two attached hydrogens (primary N) is 1. The number of anilines is 1. The van der Waals surface area contributed by atoms with E-state index in [9.17, 15) is 0 Å². The predicted molar refractivity (Wildman–Crippen MR) is 73.8 cm³/mol. The van der Waals surface area contributed by atoms with Crippen LogP contribution in [0.1, 0.15) is 64.0 Å². The van der Waals surface area contributed by atoms with Gasteiger partial charge in [-0.05, 0) is 31.6 Å². The second kappa shape index (κ2) is 5.63. The Morgan fingerprint density at radius 3 is 2.33 bits per heavy atom. The summed E-state index contributed by atoms with van der Waals surface area (Å²) < 4.78 is 7.89. The zero-order valence-electron chi connectivity index (χ0n) is 11.8. The van der Waals surface area contributed by atoms with Gasteiger partial charge in [-0.25, -0.2) is 4.68 Å². The minimum atomic E-state index is 0.310. The molecule has 2 N–H and O–H groups in total. The molecule has 18 heavy (non-hydrogen) atoms. The molecule has 0 aliphatic heterocycles. The lowest BCUT2D eigenvalue weighted by Gasteiger charge is -2.17. The zero-order valence-corrected chi connectivity index (χ0v) is 11.8. The Morgan fingerprint density at radius 1 is 1.22 bits per heavy atom. The Kier molecular flexibility index (Phi) is 4.15. The fourth-order valence-electron chi connectivity index (χ4n) is 2.63. The van der Waals surface area contributed by atoms with Crippen LogP contribution in [0.4, 0.5) is 5.69 Å². The average molecular weight is 251 g/mol. The van der Waals surface area contributed by atoms with Crippen molar-refractivity contribution in [2.45, 2.75) is 64.4 Å². The Labute approximate surface area is 110 Å². The maximum absolute atomic E-state index is 6.15. The highest BCUT2D eigenvalue weighted by Gasteiger charge is 2.21. The first kappa shape index (κ1) is 13.2. The topological polar surface area (TPSA) is 53.1 Å². The third-order valence-electron chi connectivity index (χ3n) is 3.69. The van der Waals surface area contributed by atoms with Crippen molar-refractivity contribution in [3.63, 3.8) is 0 Å². The monoisotopic (exact) mass is 251 g/mol. The zero-order chi connectivity index (χ0) is 13.1. The lowest BCUT2D eigenvalue weighted by atomic mass is 10.1. The normalized spacial score (nSPS) is 18.0. The van der Waals surface area contributed by atoms with Crippen LogP contribution in [-0.2, 0) is 7.05 Å². The molecule has 2 rings (SSSR count). The van der Waals surface area contributed by atoms with Gasteiger partial charge in [0.25, 0.3) is 0 Å². The van der Waals surface area contributed by atoms with Crippen LogP contribution in [-0.4, -0.2) is 15.9 Å². The molecular weight excluding hydrogens is 226 g/mol. The Hall–Kier alpha value is -1.19. The summed E-state index contributed by atoms with van der Waals surface area (Å²) in [5.74, 6) is 1.09. The van der Waals surface area contributed by atoms with Gasteiger partial charge in [-0.2, -0.15) is 5.10 Å². The minimum Gasteiger partial charge on any atom is -0.473 e. The van der Waals surface area contributed by atoms with Gasteiger partial charge in [0.2, 0.25) is 5.88 Å². The molecule has 0 radical (unpaired) electrons. The lowest BCUT2D eigenvalue weighted by molar-refractivity contribution is 0.169. The number of nitrogen functional groups attached to an aromatic ring is 1. The van der Waals surface area contributed by atoms with E-state index >= 15 is 0 Å². The van der Waals surface area contributed by atoms with Crippen LogP contribution in [0.25, 0.3) is 0 Å². The molecule has 0 bridgehead atoms. The van der Waals surface area contributed by atoms with Crippen LogP contribution in [0.3, 0.4) is 0 Å². The second-order valence-electron chi connectivity index (χ2n) is 5.61. The Bertz CT molecular complexity index is 390.